The van der Waals surface area contributed by atoms with Crippen molar-refractivity contribution in [2.75, 3.05) is 11.1 Å². The van der Waals surface area contributed by atoms with Gasteiger partial charge in [-0.15, -0.1) is 0 Å². The Hall–Kier alpha value is -3.93. The third-order valence-corrected chi connectivity index (χ3v) is 6.58. The number of carbonyl (C=O) groups is 1. The fraction of sp³-hybridized carbons (Fsp3) is 0.304. The standard InChI is InChI=1S/C23H23N7O4S/c1-3-5-14-9-19(31)27-22(25-14)30-18(11-16(28-30)17-6-4-7-34-17)26-20(32)10-15-12-35-23-24-13(2)8-21(33)29(15)23/h4,6-9,11,15H,3,5,10,12H2,1-2H3,(H,26,32)(H,25,27,31). The fourth-order valence-corrected chi connectivity index (χ4v) is 5.17. The van der Waals surface area contributed by atoms with Crippen molar-refractivity contribution in [1.82, 2.24) is 29.3 Å². The lowest BCUT2D eigenvalue weighted by Gasteiger charge is -2.14. The molecule has 4 aromatic heterocycles. The van der Waals surface area contributed by atoms with Crippen LogP contribution in [-0.4, -0.2) is 41.0 Å². The highest BCUT2D eigenvalue weighted by molar-refractivity contribution is 7.99. The van der Waals surface area contributed by atoms with Gasteiger partial charge < -0.3 is 9.73 Å². The Kier molecular flexibility index (Phi) is 6.12. The Morgan fingerprint density at radius 1 is 1.29 bits per heavy atom. The molecule has 0 aliphatic carbocycles. The van der Waals surface area contributed by atoms with Crippen LogP contribution in [-0.2, 0) is 11.2 Å². The van der Waals surface area contributed by atoms with Gasteiger partial charge >= 0.3 is 0 Å². The molecule has 1 unspecified atom stereocenters. The van der Waals surface area contributed by atoms with Gasteiger partial charge in [0.15, 0.2) is 10.9 Å². The van der Waals surface area contributed by atoms with Crippen LogP contribution in [0.15, 0.2) is 55.8 Å². The first-order valence-electron chi connectivity index (χ1n) is 11.2. The van der Waals surface area contributed by atoms with Crippen molar-refractivity contribution >= 4 is 23.5 Å². The Bertz CT molecular complexity index is 1500. The number of rotatable bonds is 7. The lowest BCUT2D eigenvalue weighted by atomic mass is 10.2. The van der Waals surface area contributed by atoms with Gasteiger partial charge in [0.25, 0.3) is 11.1 Å². The third-order valence-electron chi connectivity index (χ3n) is 5.48. The summed E-state index contributed by atoms with van der Waals surface area (Å²) < 4.78 is 8.40. The molecule has 1 amide bonds. The largest absolute Gasteiger partial charge is 0.463 e. The molecule has 5 rings (SSSR count). The summed E-state index contributed by atoms with van der Waals surface area (Å²) in [5.74, 6) is 1.27. The number of nitrogens with zero attached hydrogens (tertiary/aromatic N) is 5. The van der Waals surface area contributed by atoms with Crippen LogP contribution in [0, 0.1) is 6.92 Å². The Balaban J connectivity index is 1.46. The van der Waals surface area contributed by atoms with Gasteiger partial charge in [-0.05, 0) is 25.5 Å². The van der Waals surface area contributed by atoms with Gasteiger partial charge in [0.05, 0.1) is 12.3 Å². The van der Waals surface area contributed by atoms with Gasteiger partial charge in [-0.1, -0.05) is 25.1 Å². The first kappa shape index (κ1) is 22.8. The maximum absolute atomic E-state index is 13.1. The minimum atomic E-state index is -0.317. The molecule has 11 nitrogen and oxygen atoms in total. The van der Waals surface area contributed by atoms with E-state index in [4.69, 9.17) is 4.42 Å². The van der Waals surface area contributed by atoms with Crippen molar-refractivity contribution in [3.63, 3.8) is 0 Å². The van der Waals surface area contributed by atoms with Crippen LogP contribution in [0.4, 0.5) is 5.82 Å². The molecule has 1 aliphatic rings. The molecule has 4 aromatic rings. The molecular formula is C23H23N7O4S. The summed E-state index contributed by atoms with van der Waals surface area (Å²) in [4.78, 5) is 49.4. The molecule has 2 N–H and O–H groups in total. The van der Waals surface area contributed by atoms with Crippen LogP contribution in [0.5, 0.6) is 0 Å². The van der Waals surface area contributed by atoms with Gasteiger partial charge in [-0.2, -0.15) is 9.78 Å². The molecule has 0 fully saturated rings. The molecule has 0 bridgehead atoms. The number of aryl methyl sites for hydroxylation is 2. The second kappa shape index (κ2) is 9.37. The van der Waals surface area contributed by atoms with Crippen molar-refractivity contribution in [2.24, 2.45) is 0 Å². The molecule has 1 atom stereocenters. The first-order valence-corrected chi connectivity index (χ1v) is 12.2. The van der Waals surface area contributed by atoms with E-state index in [-0.39, 0.29) is 35.4 Å². The minimum Gasteiger partial charge on any atom is -0.463 e. The van der Waals surface area contributed by atoms with E-state index in [1.807, 2.05) is 6.92 Å². The van der Waals surface area contributed by atoms with Crippen molar-refractivity contribution < 1.29 is 9.21 Å². The number of amides is 1. The van der Waals surface area contributed by atoms with Crippen molar-refractivity contribution in [1.29, 1.82) is 0 Å². The maximum Gasteiger partial charge on any atom is 0.254 e. The molecule has 0 radical (unpaired) electrons. The molecule has 0 aromatic carbocycles. The van der Waals surface area contributed by atoms with Gasteiger partial charge in [-0.25, -0.2) is 9.97 Å². The zero-order chi connectivity index (χ0) is 24.5. The number of anilines is 1. The van der Waals surface area contributed by atoms with Gasteiger partial charge in [0.2, 0.25) is 11.9 Å². The second-order valence-electron chi connectivity index (χ2n) is 8.22. The number of hydrogen-bond donors (Lipinski definition) is 2. The lowest BCUT2D eigenvalue weighted by Crippen LogP contribution is -2.28. The van der Waals surface area contributed by atoms with Crippen LogP contribution in [0.1, 0.15) is 37.2 Å². The molecular weight excluding hydrogens is 470 g/mol. The molecule has 0 saturated heterocycles. The number of nitrogens with one attached hydrogen (secondary N) is 2. The van der Waals surface area contributed by atoms with E-state index in [9.17, 15) is 14.4 Å². The average Bonchev–Trinajstić information content (AvgIpc) is 3.54. The number of hydrogen-bond acceptors (Lipinski definition) is 8. The summed E-state index contributed by atoms with van der Waals surface area (Å²) in [6, 6.07) is 7.73. The normalized spacial score (nSPS) is 14.7. The van der Waals surface area contributed by atoms with Crippen LogP contribution in [0.25, 0.3) is 17.4 Å². The summed E-state index contributed by atoms with van der Waals surface area (Å²) in [5, 5.41) is 8.00. The van der Waals surface area contributed by atoms with Crippen molar-refractivity contribution in [3.05, 3.63) is 68.7 Å². The Morgan fingerprint density at radius 2 is 2.14 bits per heavy atom. The zero-order valence-corrected chi connectivity index (χ0v) is 20.0. The molecule has 0 spiro atoms. The van der Waals surface area contributed by atoms with Gasteiger partial charge in [0, 0.05) is 41.8 Å². The predicted octanol–water partition coefficient (Wildman–Crippen LogP) is 2.71. The topological polar surface area (TPSA) is 141 Å². The highest BCUT2D eigenvalue weighted by Crippen LogP contribution is 2.32. The third kappa shape index (κ3) is 4.69. The molecule has 35 heavy (non-hydrogen) atoms. The van der Waals surface area contributed by atoms with Gasteiger partial charge in [0.1, 0.15) is 11.5 Å². The van der Waals surface area contributed by atoms with Gasteiger partial charge in [-0.3, -0.25) is 23.9 Å². The Morgan fingerprint density at radius 3 is 2.91 bits per heavy atom. The fourth-order valence-electron chi connectivity index (χ4n) is 3.98. The van der Waals surface area contributed by atoms with Crippen molar-refractivity contribution in [3.8, 4) is 17.4 Å². The van der Waals surface area contributed by atoms with Crippen LogP contribution in [0.2, 0.25) is 0 Å². The van der Waals surface area contributed by atoms with E-state index in [1.54, 1.807) is 29.7 Å². The second-order valence-corrected chi connectivity index (χ2v) is 9.21. The lowest BCUT2D eigenvalue weighted by molar-refractivity contribution is -0.116. The number of H-pyrrole nitrogens is 1. The smallest absolute Gasteiger partial charge is 0.254 e. The number of carbonyl (C=O) groups excluding carboxylic acids is 1. The summed E-state index contributed by atoms with van der Waals surface area (Å²) in [5.41, 5.74) is 1.26. The van der Waals surface area contributed by atoms with E-state index in [2.05, 4.69) is 25.4 Å². The summed E-state index contributed by atoms with van der Waals surface area (Å²) in [6.45, 7) is 3.77. The number of thioether (sulfide) groups is 1. The van der Waals surface area contributed by atoms with E-state index in [0.717, 1.165) is 6.42 Å². The van der Waals surface area contributed by atoms with Crippen LogP contribution in [0.3, 0.4) is 0 Å². The molecule has 1 aliphatic heterocycles. The van der Waals surface area contributed by atoms with E-state index in [0.29, 0.717) is 46.0 Å². The molecule has 5 heterocycles. The maximum atomic E-state index is 13.1. The van der Waals surface area contributed by atoms with Crippen LogP contribution < -0.4 is 16.4 Å². The highest BCUT2D eigenvalue weighted by atomic mass is 32.2. The van der Waals surface area contributed by atoms with E-state index >= 15 is 0 Å². The highest BCUT2D eigenvalue weighted by Gasteiger charge is 2.28. The monoisotopic (exact) mass is 493 g/mol. The Labute approximate surface area is 203 Å². The summed E-state index contributed by atoms with van der Waals surface area (Å²) >= 11 is 1.45. The van der Waals surface area contributed by atoms with E-state index in [1.165, 1.54) is 34.8 Å². The molecule has 0 saturated carbocycles. The number of aromatic nitrogens is 6. The summed E-state index contributed by atoms with van der Waals surface area (Å²) in [7, 11) is 0. The minimum absolute atomic E-state index is 0.0751. The SMILES string of the molecule is CCCc1cc(=O)[nH]c(-n2nc(-c3ccco3)cc2NC(=O)CC2CSc3nc(C)cc(=O)n32)n1. The van der Waals surface area contributed by atoms with Crippen molar-refractivity contribution in [2.45, 2.75) is 44.3 Å². The zero-order valence-electron chi connectivity index (χ0n) is 19.1. The molecule has 180 valence electrons. The summed E-state index contributed by atoms with van der Waals surface area (Å²) in [6.07, 6.45) is 3.06. The van der Waals surface area contributed by atoms with E-state index < -0.39 is 0 Å². The number of furan rings is 1. The first-order chi connectivity index (χ1) is 16.9. The quantitative estimate of drug-likeness (QED) is 0.375. The number of fused-ring (bicyclic) bond motifs is 1. The number of aromatic amines is 1. The predicted molar refractivity (Wildman–Crippen MR) is 130 cm³/mol. The van der Waals surface area contributed by atoms with Crippen LogP contribution >= 0.6 is 11.8 Å². The average molecular weight is 494 g/mol. The molecule has 12 heteroatoms.